The average molecular weight is 249 g/mol. The van der Waals surface area contributed by atoms with E-state index in [1.54, 1.807) is 7.11 Å². The van der Waals surface area contributed by atoms with Crippen molar-refractivity contribution < 1.29 is 4.74 Å². The molecule has 1 heterocycles. The molecule has 2 rings (SSSR count). The number of ether oxygens (including phenoxy) is 1. The number of hydrogen-bond acceptors (Lipinski definition) is 4. The minimum atomic E-state index is 0.694. The van der Waals surface area contributed by atoms with Crippen molar-refractivity contribution in [2.24, 2.45) is 5.73 Å². The number of hydrogen-bond donors (Lipinski definition) is 1. The van der Waals surface area contributed by atoms with E-state index in [9.17, 15) is 0 Å². The monoisotopic (exact) mass is 249 g/mol. The topological polar surface area (TPSA) is 51.4 Å². The van der Waals surface area contributed by atoms with Crippen molar-refractivity contribution in [3.8, 4) is 5.88 Å². The van der Waals surface area contributed by atoms with Crippen LogP contribution in [0.25, 0.3) is 0 Å². The Bertz CT molecular complexity index is 366. The molecule has 18 heavy (non-hydrogen) atoms. The minimum absolute atomic E-state index is 0.694. The first-order valence-corrected chi connectivity index (χ1v) is 6.77. The summed E-state index contributed by atoms with van der Waals surface area (Å²) in [5, 5.41) is 0. The molecule has 4 nitrogen and oxygen atoms in total. The summed E-state index contributed by atoms with van der Waals surface area (Å²) in [4.78, 5) is 7.00. The second-order valence-corrected chi connectivity index (χ2v) is 4.87. The highest BCUT2D eigenvalue weighted by Crippen LogP contribution is 2.26. The lowest BCUT2D eigenvalue weighted by molar-refractivity contribution is 0.117. The lowest BCUT2D eigenvalue weighted by Crippen LogP contribution is -2.40. The molecular formula is C14H23N3O. The molecule has 100 valence electrons. The molecule has 4 heteroatoms. The molecule has 0 bridgehead atoms. The molecule has 2 N–H and O–H groups in total. The molecule has 0 unspecified atom stereocenters. The van der Waals surface area contributed by atoms with Crippen LogP contribution in [0.15, 0.2) is 18.2 Å². The number of methoxy groups -OCH3 is 1. The molecule has 0 spiro atoms. The molecular weight excluding hydrogens is 226 g/mol. The summed E-state index contributed by atoms with van der Waals surface area (Å²) in [6.07, 6.45) is 5.04. The maximum Gasteiger partial charge on any atom is 0.213 e. The van der Waals surface area contributed by atoms with E-state index in [1.807, 2.05) is 12.1 Å². The zero-order valence-electron chi connectivity index (χ0n) is 11.1. The van der Waals surface area contributed by atoms with Crippen molar-refractivity contribution in [2.45, 2.75) is 38.3 Å². The molecule has 1 aromatic rings. The smallest absolute Gasteiger partial charge is 0.213 e. The molecule has 0 saturated heterocycles. The minimum Gasteiger partial charge on any atom is -0.481 e. The Hall–Kier alpha value is -1.13. The van der Waals surface area contributed by atoms with E-state index >= 15 is 0 Å². The fourth-order valence-corrected chi connectivity index (χ4v) is 2.30. The van der Waals surface area contributed by atoms with Crippen molar-refractivity contribution in [1.29, 1.82) is 0 Å². The fourth-order valence-electron chi connectivity index (χ4n) is 2.30. The van der Waals surface area contributed by atoms with Gasteiger partial charge in [0, 0.05) is 25.2 Å². The second kappa shape index (κ2) is 6.71. The van der Waals surface area contributed by atoms with Gasteiger partial charge in [-0.25, -0.2) is 4.98 Å². The average Bonchev–Trinajstić information content (AvgIpc) is 2.34. The molecule has 1 aliphatic carbocycles. The Morgan fingerprint density at radius 3 is 2.89 bits per heavy atom. The van der Waals surface area contributed by atoms with Crippen LogP contribution in [-0.2, 0) is 6.54 Å². The third kappa shape index (κ3) is 3.43. The molecule has 1 fully saturated rings. The lowest BCUT2D eigenvalue weighted by Gasteiger charge is -2.37. The summed E-state index contributed by atoms with van der Waals surface area (Å²) in [5.74, 6) is 0.694. The number of nitrogens with two attached hydrogens (primary N) is 1. The number of nitrogens with zero attached hydrogens (tertiary/aromatic N) is 2. The Morgan fingerprint density at radius 2 is 2.28 bits per heavy atom. The maximum absolute atomic E-state index is 5.61. The summed E-state index contributed by atoms with van der Waals surface area (Å²) in [7, 11) is 1.66. The third-order valence-electron chi connectivity index (χ3n) is 3.60. The first-order chi connectivity index (χ1) is 8.83. The van der Waals surface area contributed by atoms with E-state index in [0.717, 1.165) is 37.8 Å². The van der Waals surface area contributed by atoms with Gasteiger partial charge in [0.2, 0.25) is 5.88 Å². The standard InChI is InChI=1S/C14H23N3O/c1-18-14-8-2-5-12(16-14)11-17(10-4-9-15)13-6-3-7-13/h2,5,8,13H,3-4,6-7,9-11,15H2,1H3. The lowest BCUT2D eigenvalue weighted by atomic mass is 9.91. The van der Waals surface area contributed by atoms with Gasteiger partial charge in [-0.3, -0.25) is 4.90 Å². The van der Waals surface area contributed by atoms with Gasteiger partial charge in [-0.05, 0) is 31.9 Å². The predicted octanol–water partition coefficient (Wildman–Crippen LogP) is 1.79. The van der Waals surface area contributed by atoms with E-state index in [0.29, 0.717) is 5.88 Å². The fraction of sp³-hybridized carbons (Fsp3) is 0.643. The quantitative estimate of drug-likeness (QED) is 0.800. The molecule has 0 radical (unpaired) electrons. The van der Waals surface area contributed by atoms with Crippen molar-refractivity contribution in [3.05, 3.63) is 23.9 Å². The van der Waals surface area contributed by atoms with Crippen LogP contribution in [0.3, 0.4) is 0 Å². The van der Waals surface area contributed by atoms with Gasteiger partial charge in [0.25, 0.3) is 0 Å². The van der Waals surface area contributed by atoms with Gasteiger partial charge in [0.15, 0.2) is 0 Å². The molecule has 0 amide bonds. The van der Waals surface area contributed by atoms with Crippen molar-refractivity contribution >= 4 is 0 Å². The van der Waals surface area contributed by atoms with Gasteiger partial charge < -0.3 is 10.5 Å². The van der Waals surface area contributed by atoms with Crippen LogP contribution in [0.5, 0.6) is 5.88 Å². The summed E-state index contributed by atoms with van der Waals surface area (Å²) in [5.41, 5.74) is 6.69. The van der Waals surface area contributed by atoms with Crippen LogP contribution in [0.1, 0.15) is 31.4 Å². The molecule has 1 aromatic heterocycles. The van der Waals surface area contributed by atoms with Crippen LogP contribution >= 0.6 is 0 Å². The Labute approximate surface area is 109 Å². The Kier molecular flexibility index (Phi) is 4.96. The number of rotatable bonds is 7. The van der Waals surface area contributed by atoms with Gasteiger partial charge in [-0.15, -0.1) is 0 Å². The van der Waals surface area contributed by atoms with Gasteiger partial charge in [-0.2, -0.15) is 0 Å². The zero-order chi connectivity index (χ0) is 12.8. The van der Waals surface area contributed by atoms with E-state index in [4.69, 9.17) is 10.5 Å². The van der Waals surface area contributed by atoms with E-state index < -0.39 is 0 Å². The molecule has 1 saturated carbocycles. The predicted molar refractivity (Wildman–Crippen MR) is 72.5 cm³/mol. The highest BCUT2D eigenvalue weighted by Gasteiger charge is 2.24. The first-order valence-electron chi connectivity index (χ1n) is 6.77. The van der Waals surface area contributed by atoms with Crippen molar-refractivity contribution in [3.63, 3.8) is 0 Å². The van der Waals surface area contributed by atoms with Crippen molar-refractivity contribution in [2.75, 3.05) is 20.2 Å². The highest BCUT2D eigenvalue weighted by atomic mass is 16.5. The third-order valence-corrected chi connectivity index (χ3v) is 3.60. The summed E-state index contributed by atoms with van der Waals surface area (Å²) >= 11 is 0. The van der Waals surface area contributed by atoms with Gasteiger partial charge in [0.1, 0.15) is 0 Å². The largest absolute Gasteiger partial charge is 0.481 e. The molecule has 1 aliphatic rings. The Morgan fingerprint density at radius 1 is 1.44 bits per heavy atom. The van der Waals surface area contributed by atoms with E-state index in [-0.39, 0.29) is 0 Å². The van der Waals surface area contributed by atoms with E-state index in [1.165, 1.54) is 19.3 Å². The normalized spacial score (nSPS) is 15.7. The van der Waals surface area contributed by atoms with Crippen LogP contribution < -0.4 is 10.5 Å². The Balaban J connectivity index is 1.97. The molecule has 0 aliphatic heterocycles. The second-order valence-electron chi connectivity index (χ2n) is 4.87. The van der Waals surface area contributed by atoms with Gasteiger partial charge in [0.05, 0.1) is 12.8 Å². The summed E-state index contributed by atoms with van der Waals surface area (Å²) < 4.78 is 5.17. The first kappa shape index (κ1) is 13.3. The van der Waals surface area contributed by atoms with Crippen LogP contribution in [0, 0.1) is 0 Å². The SMILES string of the molecule is COc1cccc(CN(CCCN)C2CCC2)n1. The number of aromatic nitrogens is 1. The van der Waals surface area contributed by atoms with Gasteiger partial charge in [-0.1, -0.05) is 12.5 Å². The zero-order valence-corrected chi connectivity index (χ0v) is 11.1. The summed E-state index contributed by atoms with van der Waals surface area (Å²) in [6, 6.07) is 6.68. The summed E-state index contributed by atoms with van der Waals surface area (Å²) in [6.45, 7) is 2.73. The van der Waals surface area contributed by atoms with E-state index in [2.05, 4.69) is 16.0 Å². The molecule has 0 atom stereocenters. The van der Waals surface area contributed by atoms with Crippen molar-refractivity contribution in [1.82, 2.24) is 9.88 Å². The van der Waals surface area contributed by atoms with Crippen LogP contribution in [0.2, 0.25) is 0 Å². The van der Waals surface area contributed by atoms with Crippen LogP contribution in [0.4, 0.5) is 0 Å². The van der Waals surface area contributed by atoms with Gasteiger partial charge >= 0.3 is 0 Å². The molecule has 0 aromatic carbocycles. The highest BCUT2D eigenvalue weighted by molar-refractivity contribution is 5.15. The maximum atomic E-state index is 5.61. The number of pyridine rings is 1. The van der Waals surface area contributed by atoms with Crippen LogP contribution in [-0.4, -0.2) is 36.1 Å².